The molecule has 0 bridgehead atoms. The lowest BCUT2D eigenvalue weighted by atomic mass is 10.0. The van der Waals surface area contributed by atoms with Crippen LogP contribution in [0.3, 0.4) is 0 Å². The number of hydrogen-bond donors (Lipinski definition) is 3. The quantitative estimate of drug-likeness (QED) is 0.753. The molecule has 2 atom stereocenters. The first kappa shape index (κ1) is 17.6. The van der Waals surface area contributed by atoms with Crippen LogP contribution in [0, 0.1) is 27.7 Å². The molecular formula is C14H21NO5S. The fourth-order valence-electron chi connectivity index (χ4n) is 2.17. The van der Waals surface area contributed by atoms with Crippen molar-refractivity contribution in [2.75, 3.05) is 0 Å². The highest BCUT2D eigenvalue weighted by atomic mass is 32.2. The molecule has 118 valence electrons. The van der Waals surface area contributed by atoms with E-state index in [9.17, 15) is 18.3 Å². The Balaban J connectivity index is 3.42. The van der Waals surface area contributed by atoms with Gasteiger partial charge in [-0.3, -0.25) is 4.79 Å². The Morgan fingerprint density at radius 3 is 1.90 bits per heavy atom. The molecule has 0 fully saturated rings. The summed E-state index contributed by atoms with van der Waals surface area (Å²) < 4.78 is 27.1. The van der Waals surface area contributed by atoms with Crippen LogP contribution in [-0.4, -0.2) is 36.7 Å². The predicted octanol–water partition coefficient (Wildman–Crippen LogP) is 1.03. The minimum Gasteiger partial charge on any atom is -0.480 e. The molecular weight excluding hydrogens is 294 g/mol. The smallest absolute Gasteiger partial charge is 0.324 e. The molecule has 0 saturated carbocycles. The van der Waals surface area contributed by atoms with Crippen molar-refractivity contribution < 1.29 is 23.4 Å². The fraction of sp³-hybridized carbons (Fsp3) is 0.500. The van der Waals surface area contributed by atoms with Crippen LogP contribution in [0.25, 0.3) is 0 Å². The van der Waals surface area contributed by atoms with Crippen molar-refractivity contribution >= 4 is 16.0 Å². The maximum atomic E-state index is 12.5. The van der Waals surface area contributed by atoms with E-state index in [1.807, 2.05) is 6.07 Å². The van der Waals surface area contributed by atoms with Crippen molar-refractivity contribution in [3.8, 4) is 0 Å². The average Bonchev–Trinajstić information content (AvgIpc) is 2.33. The van der Waals surface area contributed by atoms with Crippen LogP contribution >= 0.6 is 0 Å². The van der Waals surface area contributed by atoms with Gasteiger partial charge in [-0.1, -0.05) is 6.07 Å². The molecule has 0 aliphatic carbocycles. The summed E-state index contributed by atoms with van der Waals surface area (Å²) in [5.74, 6) is -1.42. The summed E-state index contributed by atoms with van der Waals surface area (Å²) in [5.41, 5.74) is 2.76. The highest BCUT2D eigenvalue weighted by Crippen LogP contribution is 2.26. The third-order valence-electron chi connectivity index (χ3n) is 3.60. The van der Waals surface area contributed by atoms with Gasteiger partial charge in [0.15, 0.2) is 0 Å². The molecule has 0 radical (unpaired) electrons. The first-order valence-corrected chi connectivity index (χ1v) is 7.98. The highest BCUT2D eigenvalue weighted by molar-refractivity contribution is 7.89. The van der Waals surface area contributed by atoms with Gasteiger partial charge in [0.1, 0.15) is 6.04 Å². The number of benzene rings is 1. The van der Waals surface area contributed by atoms with Gasteiger partial charge in [0, 0.05) is 0 Å². The van der Waals surface area contributed by atoms with Crippen molar-refractivity contribution in [2.45, 2.75) is 51.7 Å². The topological polar surface area (TPSA) is 104 Å². The number of hydrogen-bond acceptors (Lipinski definition) is 4. The maximum absolute atomic E-state index is 12.5. The first-order valence-electron chi connectivity index (χ1n) is 6.49. The van der Waals surface area contributed by atoms with Crippen molar-refractivity contribution in [3.05, 3.63) is 28.3 Å². The van der Waals surface area contributed by atoms with Crippen molar-refractivity contribution in [2.24, 2.45) is 0 Å². The molecule has 7 heteroatoms. The summed E-state index contributed by atoms with van der Waals surface area (Å²) in [6, 6.07) is 0.294. The molecule has 3 N–H and O–H groups in total. The lowest BCUT2D eigenvalue weighted by molar-refractivity contribution is -0.141. The van der Waals surface area contributed by atoms with Gasteiger partial charge in [-0.25, -0.2) is 8.42 Å². The molecule has 1 aromatic carbocycles. The molecule has 0 unspecified atom stereocenters. The van der Waals surface area contributed by atoms with E-state index in [1.54, 1.807) is 27.7 Å². The summed E-state index contributed by atoms with van der Waals surface area (Å²) in [4.78, 5) is 11.1. The van der Waals surface area contributed by atoms with Crippen LogP contribution in [-0.2, 0) is 14.8 Å². The van der Waals surface area contributed by atoms with E-state index < -0.39 is 28.1 Å². The minimum absolute atomic E-state index is 0.0758. The highest BCUT2D eigenvalue weighted by Gasteiger charge is 2.31. The Hall–Kier alpha value is -1.44. The van der Waals surface area contributed by atoms with E-state index in [0.29, 0.717) is 11.1 Å². The van der Waals surface area contributed by atoms with Gasteiger partial charge in [0.05, 0.1) is 11.0 Å². The molecule has 1 aromatic rings. The lowest BCUT2D eigenvalue weighted by Gasteiger charge is -2.20. The van der Waals surface area contributed by atoms with Gasteiger partial charge in [0.25, 0.3) is 0 Å². The third kappa shape index (κ3) is 3.61. The van der Waals surface area contributed by atoms with Gasteiger partial charge in [-0.2, -0.15) is 4.72 Å². The Kier molecular flexibility index (Phi) is 5.14. The van der Waals surface area contributed by atoms with Crippen LogP contribution in [0.2, 0.25) is 0 Å². The van der Waals surface area contributed by atoms with E-state index in [2.05, 4.69) is 4.72 Å². The van der Waals surface area contributed by atoms with Gasteiger partial charge >= 0.3 is 5.97 Å². The second kappa shape index (κ2) is 6.13. The summed E-state index contributed by atoms with van der Waals surface area (Å²) in [7, 11) is -4.05. The summed E-state index contributed by atoms with van der Waals surface area (Å²) >= 11 is 0. The van der Waals surface area contributed by atoms with Gasteiger partial charge in [-0.05, 0) is 56.9 Å². The van der Waals surface area contributed by atoms with Crippen LogP contribution < -0.4 is 4.72 Å². The van der Waals surface area contributed by atoms with E-state index in [1.165, 1.54) is 6.92 Å². The van der Waals surface area contributed by atoms with Gasteiger partial charge in [-0.15, -0.1) is 0 Å². The zero-order chi connectivity index (χ0) is 16.5. The molecule has 21 heavy (non-hydrogen) atoms. The Bertz CT molecular complexity index is 638. The zero-order valence-corrected chi connectivity index (χ0v) is 13.6. The third-order valence-corrected chi connectivity index (χ3v) is 5.31. The minimum atomic E-state index is -4.05. The molecule has 0 aliphatic heterocycles. The number of aliphatic carboxylic acids is 1. The number of sulfonamides is 1. The Morgan fingerprint density at radius 1 is 1.14 bits per heavy atom. The average molecular weight is 315 g/mol. The predicted molar refractivity (Wildman–Crippen MR) is 78.8 cm³/mol. The largest absolute Gasteiger partial charge is 0.480 e. The molecule has 0 aromatic heterocycles. The van der Waals surface area contributed by atoms with Crippen molar-refractivity contribution in [3.63, 3.8) is 0 Å². The second-order valence-electron chi connectivity index (χ2n) is 5.27. The Labute approximate surface area is 124 Å². The Morgan fingerprint density at radius 2 is 1.57 bits per heavy atom. The van der Waals surface area contributed by atoms with Crippen LogP contribution in [0.4, 0.5) is 0 Å². The number of aryl methyl sites for hydroxylation is 2. The molecule has 0 aliphatic rings. The SMILES string of the molecule is Cc1cc(C)c(C)c(S(=O)(=O)N[C@H](C(=O)O)[C@@H](C)O)c1C. The van der Waals surface area contributed by atoms with Crippen LogP contribution in [0.5, 0.6) is 0 Å². The lowest BCUT2D eigenvalue weighted by Crippen LogP contribution is -2.47. The van der Waals surface area contributed by atoms with Crippen molar-refractivity contribution in [1.82, 2.24) is 4.72 Å². The number of nitrogens with one attached hydrogen (secondary N) is 1. The first-order chi connectivity index (χ1) is 9.49. The van der Waals surface area contributed by atoms with Crippen LogP contribution in [0.1, 0.15) is 29.2 Å². The standard InChI is InChI=1S/C14H21NO5S/c1-7-6-8(2)10(4)13(9(7)3)21(19,20)15-12(11(5)16)14(17)18/h6,11-12,15-16H,1-5H3,(H,17,18)/t11-,12+/m1/s1. The number of rotatable bonds is 5. The molecule has 0 amide bonds. The number of carboxylic acid groups (broad SMARTS) is 1. The maximum Gasteiger partial charge on any atom is 0.324 e. The molecule has 0 heterocycles. The zero-order valence-electron chi connectivity index (χ0n) is 12.8. The van der Waals surface area contributed by atoms with Crippen LogP contribution in [0.15, 0.2) is 11.0 Å². The molecule has 0 spiro atoms. The van der Waals surface area contributed by atoms with E-state index in [0.717, 1.165) is 11.1 Å². The monoisotopic (exact) mass is 315 g/mol. The van der Waals surface area contributed by atoms with E-state index in [-0.39, 0.29) is 4.90 Å². The van der Waals surface area contributed by atoms with Crippen molar-refractivity contribution in [1.29, 1.82) is 0 Å². The van der Waals surface area contributed by atoms with E-state index >= 15 is 0 Å². The molecule has 1 rings (SSSR count). The van der Waals surface area contributed by atoms with Gasteiger partial charge < -0.3 is 10.2 Å². The second-order valence-corrected chi connectivity index (χ2v) is 6.92. The van der Waals surface area contributed by atoms with E-state index in [4.69, 9.17) is 5.11 Å². The summed E-state index contributed by atoms with van der Waals surface area (Å²) in [5, 5.41) is 18.4. The number of carboxylic acids is 1. The van der Waals surface area contributed by atoms with Gasteiger partial charge in [0.2, 0.25) is 10.0 Å². The number of aliphatic hydroxyl groups is 1. The fourth-order valence-corrected chi connectivity index (χ4v) is 4.04. The summed E-state index contributed by atoms with van der Waals surface area (Å²) in [6.07, 6.45) is -1.34. The normalized spacial score (nSPS) is 14.8. The molecule has 6 nitrogen and oxygen atoms in total. The molecule has 0 saturated heterocycles. The number of aliphatic hydroxyl groups excluding tert-OH is 1. The number of carbonyl (C=O) groups is 1. The summed E-state index contributed by atoms with van der Waals surface area (Å²) in [6.45, 7) is 8.17.